The number of hydrogen-bond acceptors (Lipinski definition) is 8. The third kappa shape index (κ3) is 5.44. The van der Waals surface area contributed by atoms with Crippen LogP contribution in [0.2, 0.25) is 0 Å². The Hall–Kier alpha value is -3.63. The molecule has 0 saturated carbocycles. The molecule has 1 aromatic carbocycles. The highest BCUT2D eigenvalue weighted by Gasteiger charge is 2.53. The highest BCUT2D eigenvalue weighted by Crippen LogP contribution is 2.38. The van der Waals surface area contributed by atoms with Gasteiger partial charge < -0.3 is 15.8 Å². The van der Waals surface area contributed by atoms with Gasteiger partial charge in [0.15, 0.2) is 0 Å². The predicted octanol–water partition coefficient (Wildman–Crippen LogP) is 0.972. The van der Waals surface area contributed by atoms with Gasteiger partial charge in [-0.15, -0.1) is 0 Å². The molecule has 2 aliphatic heterocycles. The average molecular weight is 493 g/mol. The summed E-state index contributed by atoms with van der Waals surface area (Å²) in [4.78, 5) is 45.2. The molecule has 3 heterocycles. The summed E-state index contributed by atoms with van der Waals surface area (Å²) < 4.78 is 5.45. The van der Waals surface area contributed by atoms with Gasteiger partial charge in [0.2, 0.25) is 11.8 Å². The third-order valence-electron chi connectivity index (χ3n) is 6.49. The van der Waals surface area contributed by atoms with Crippen LogP contribution in [0.1, 0.15) is 25.8 Å². The smallest absolute Gasteiger partial charge is 0.336 e. The van der Waals surface area contributed by atoms with Crippen LogP contribution in [0.5, 0.6) is 5.88 Å². The van der Waals surface area contributed by atoms with E-state index >= 15 is 0 Å². The topological polar surface area (TPSA) is 130 Å². The van der Waals surface area contributed by atoms with E-state index in [-0.39, 0.29) is 18.3 Å². The molecule has 2 aliphatic rings. The van der Waals surface area contributed by atoms with Crippen LogP contribution in [0.3, 0.4) is 0 Å². The summed E-state index contributed by atoms with van der Waals surface area (Å²) in [6.45, 7) is 4.21. The zero-order chi connectivity index (χ0) is 25.9. The van der Waals surface area contributed by atoms with Crippen LogP contribution in [0.25, 0.3) is 0 Å². The molecule has 0 unspecified atom stereocenters. The summed E-state index contributed by atoms with van der Waals surface area (Å²) in [6, 6.07) is 13.8. The zero-order valence-corrected chi connectivity index (χ0v) is 20.8. The molecule has 1 saturated heterocycles. The number of piperidine rings is 1. The van der Waals surface area contributed by atoms with Crippen molar-refractivity contribution in [1.82, 2.24) is 20.2 Å². The minimum Gasteiger partial charge on any atom is -0.406 e. The van der Waals surface area contributed by atoms with Crippen LogP contribution in [-0.2, 0) is 20.8 Å². The molecule has 36 heavy (non-hydrogen) atoms. The van der Waals surface area contributed by atoms with Crippen molar-refractivity contribution in [2.24, 2.45) is 16.3 Å². The number of carbonyl (C=O) groups is 3. The second-order valence-electron chi connectivity index (χ2n) is 9.94. The lowest BCUT2D eigenvalue weighted by Crippen LogP contribution is -2.60. The summed E-state index contributed by atoms with van der Waals surface area (Å²) in [7, 11) is 1.67. The lowest BCUT2D eigenvalue weighted by molar-refractivity contribution is -0.141. The first kappa shape index (κ1) is 25.5. The van der Waals surface area contributed by atoms with Gasteiger partial charge in [0.25, 0.3) is 5.91 Å². The number of aromatic nitrogens is 1. The molecule has 10 heteroatoms. The van der Waals surface area contributed by atoms with Crippen molar-refractivity contribution in [3.8, 4) is 5.88 Å². The van der Waals surface area contributed by atoms with Crippen molar-refractivity contribution in [3.05, 3.63) is 60.3 Å². The Morgan fingerprint density at radius 3 is 2.58 bits per heavy atom. The SMILES string of the molecule is CN1N=C2CCN(C[C@@H](NC(=O)C(C)(C)N)C(=O)Oc3ccccn3)C[C@@]2(Cc2ccccc2)C1=O. The number of pyridine rings is 1. The van der Waals surface area contributed by atoms with Crippen molar-refractivity contribution in [2.45, 2.75) is 38.3 Å². The second kappa shape index (κ2) is 10.2. The summed E-state index contributed by atoms with van der Waals surface area (Å²) in [5.74, 6) is -1.08. The third-order valence-corrected chi connectivity index (χ3v) is 6.49. The molecular formula is C26H32N6O4. The highest BCUT2D eigenvalue weighted by atomic mass is 16.5. The van der Waals surface area contributed by atoms with Crippen LogP contribution in [-0.4, -0.2) is 76.7 Å². The highest BCUT2D eigenvalue weighted by molar-refractivity contribution is 6.13. The predicted molar refractivity (Wildman–Crippen MR) is 134 cm³/mol. The van der Waals surface area contributed by atoms with Gasteiger partial charge in [-0.3, -0.25) is 14.5 Å². The van der Waals surface area contributed by atoms with E-state index in [0.29, 0.717) is 25.9 Å². The first-order chi connectivity index (χ1) is 17.1. The standard InChI is InChI=1S/C26H32N6O4/c1-25(2,27)23(34)29-19(22(33)36-21-11-7-8-13-28-21)16-32-14-12-20-26(17-32,24(35)31(3)30-20)15-18-9-5-4-6-10-18/h4-11,13,19H,12,14-17,27H2,1-3H3,(H,29,34)/t19-,26-/m1/s1. The van der Waals surface area contributed by atoms with Crippen LogP contribution in [0, 0.1) is 5.41 Å². The number of nitrogens with one attached hydrogen (secondary N) is 1. The lowest BCUT2D eigenvalue weighted by Gasteiger charge is -2.40. The summed E-state index contributed by atoms with van der Waals surface area (Å²) >= 11 is 0. The Balaban J connectivity index is 1.57. The number of nitrogens with two attached hydrogens (primary N) is 1. The number of rotatable bonds is 8. The van der Waals surface area contributed by atoms with Gasteiger partial charge >= 0.3 is 5.97 Å². The Labute approximate surface area is 210 Å². The van der Waals surface area contributed by atoms with Crippen molar-refractivity contribution in [3.63, 3.8) is 0 Å². The molecule has 2 amide bonds. The molecule has 1 aromatic heterocycles. The van der Waals surface area contributed by atoms with E-state index < -0.39 is 28.9 Å². The van der Waals surface area contributed by atoms with Gasteiger partial charge in [0.05, 0.1) is 11.3 Å². The largest absolute Gasteiger partial charge is 0.406 e. The average Bonchev–Trinajstić information content (AvgIpc) is 3.08. The quantitative estimate of drug-likeness (QED) is 0.525. The Morgan fingerprint density at radius 1 is 1.19 bits per heavy atom. The molecule has 0 spiro atoms. The molecule has 10 nitrogen and oxygen atoms in total. The molecule has 1 fully saturated rings. The number of benzene rings is 1. The van der Waals surface area contributed by atoms with Crippen LogP contribution in [0.4, 0.5) is 0 Å². The van der Waals surface area contributed by atoms with E-state index in [9.17, 15) is 14.4 Å². The Bertz CT molecular complexity index is 1150. The molecule has 0 bridgehead atoms. The van der Waals surface area contributed by atoms with Gasteiger partial charge in [0, 0.05) is 45.4 Å². The van der Waals surface area contributed by atoms with Crippen molar-refractivity contribution < 1.29 is 19.1 Å². The number of fused-ring (bicyclic) bond motifs is 1. The van der Waals surface area contributed by atoms with E-state index in [1.807, 2.05) is 35.2 Å². The van der Waals surface area contributed by atoms with E-state index in [1.165, 1.54) is 11.2 Å². The molecule has 3 N–H and O–H groups in total. The van der Waals surface area contributed by atoms with Crippen LogP contribution in [0.15, 0.2) is 59.8 Å². The molecule has 2 aromatic rings. The fourth-order valence-electron chi connectivity index (χ4n) is 4.63. The molecule has 2 atom stereocenters. The second-order valence-corrected chi connectivity index (χ2v) is 9.94. The number of carbonyl (C=O) groups excluding carboxylic acids is 3. The van der Waals surface area contributed by atoms with Crippen molar-refractivity contribution >= 4 is 23.5 Å². The van der Waals surface area contributed by atoms with Gasteiger partial charge in [-0.25, -0.2) is 14.8 Å². The number of likely N-dealkylation sites (tertiary alicyclic amines) is 1. The van der Waals surface area contributed by atoms with Gasteiger partial charge in [0.1, 0.15) is 11.5 Å². The number of nitrogens with zero attached hydrogens (tertiary/aromatic N) is 4. The molecule has 4 rings (SSSR count). The maximum absolute atomic E-state index is 13.4. The Morgan fingerprint density at radius 2 is 1.92 bits per heavy atom. The number of ether oxygens (including phenoxy) is 1. The van der Waals surface area contributed by atoms with Crippen LogP contribution >= 0.6 is 0 Å². The Kier molecular flexibility index (Phi) is 7.18. The van der Waals surface area contributed by atoms with Crippen molar-refractivity contribution in [2.75, 3.05) is 26.7 Å². The number of hydrogen-bond donors (Lipinski definition) is 2. The molecule has 0 radical (unpaired) electrons. The molecule has 190 valence electrons. The first-order valence-corrected chi connectivity index (χ1v) is 11.9. The zero-order valence-electron chi connectivity index (χ0n) is 20.8. The molecular weight excluding hydrogens is 460 g/mol. The lowest BCUT2D eigenvalue weighted by atomic mass is 9.73. The van der Waals surface area contributed by atoms with E-state index in [0.717, 1.165) is 11.3 Å². The van der Waals surface area contributed by atoms with Gasteiger partial charge in [-0.05, 0) is 31.9 Å². The van der Waals surface area contributed by atoms with E-state index in [2.05, 4.69) is 15.4 Å². The molecule has 0 aliphatic carbocycles. The number of hydrazone groups is 1. The summed E-state index contributed by atoms with van der Waals surface area (Å²) in [5, 5.41) is 8.68. The van der Waals surface area contributed by atoms with Gasteiger partial charge in [-0.1, -0.05) is 36.4 Å². The minimum atomic E-state index is -1.19. The van der Waals surface area contributed by atoms with Crippen molar-refractivity contribution in [1.29, 1.82) is 0 Å². The van der Waals surface area contributed by atoms with Gasteiger partial charge in [-0.2, -0.15) is 5.10 Å². The number of amides is 2. The monoisotopic (exact) mass is 492 g/mol. The van der Waals surface area contributed by atoms with Crippen LogP contribution < -0.4 is 15.8 Å². The summed E-state index contributed by atoms with van der Waals surface area (Å²) in [5.41, 5.74) is 5.81. The minimum absolute atomic E-state index is 0.0780. The number of esters is 1. The fourth-order valence-corrected chi connectivity index (χ4v) is 4.63. The van der Waals surface area contributed by atoms with E-state index in [1.54, 1.807) is 39.1 Å². The first-order valence-electron chi connectivity index (χ1n) is 11.9. The maximum Gasteiger partial charge on any atom is 0.336 e. The van der Waals surface area contributed by atoms with E-state index in [4.69, 9.17) is 10.5 Å². The fraction of sp³-hybridized carbons (Fsp3) is 0.423. The normalized spacial score (nSPS) is 20.9. The maximum atomic E-state index is 13.4. The summed E-state index contributed by atoms with van der Waals surface area (Å²) in [6.07, 6.45) is 2.58.